The Morgan fingerprint density at radius 3 is 2.53 bits per heavy atom. The molecule has 1 N–H and O–H groups in total. The molecule has 96 valence electrons. The molecule has 1 aliphatic heterocycles. The van der Waals surface area contributed by atoms with Crippen molar-refractivity contribution < 1.29 is 14.5 Å². The summed E-state index contributed by atoms with van der Waals surface area (Å²) in [7, 11) is 0. The van der Waals surface area contributed by atoms with Crippen molar-refractivity contribution in [2.24, 2.45) is 0 Å². The molecule has 0 bridgehead atoms. The van der Waals surface area contributed by atoms with Crippen molar-refractivity contribution >= 4 is 11.9 Å². The van der Waals surface area contributed by atoms with E-state index >= 15 is 0 Å². The fourth-order valence-electron chi connectivity index (χ4n) is 1.85. The minimum atomic E-state index is -1.42. The van der Waals surface area contributed by atoms with Gasteiger partial charge in [-0.25, -0.2) is 4.79 Å². The minimum Gasteiger partial charge on any atom is -0.325 e. The van der Waals surface area contributed by atoms with Crippen LogP contribution in [0.1, 0.15) is 33.6 Å². The number of urea groups is 1. The van der Waals surface area contributed by atoms with Crippen LogP contribution in [-0.4, -0.2) is 39.9 Å². The van der Waals surface area contributed by atoms with Gasteiger partial charge in [0.2, 0.25) is 0 Å². The number of nitro groups is 1. The minimum absolute atomic E-state index is 0.224. The van der Waals surface area contributed by atoms with E-state index in [9.17, 15) is 19.7 Å². The fraction of sp³-hybridized carbons (Fsp3) is 0.800. The zero-order valence-electron chi connectivity index (χ0n) is 10.2. The van der Waals surface area contributed by atoms with Gasteiger partial charge in [-0.15, -0.1) is 0 Å². The van der Waals surface area contributed by atoms with Gasteiger partial charge in [-0.3, -0.25) is 19.8 Å². The lowest BCUT2D eigenvalue weighted by Gasteiger charge is -2.37. The highest BCUT2D eigenvalue weighted by Gasteiger charge is 2.53. The van der Waals surface area contributed by atoms with Crippen LogP contribution in [0.2, 0.25) is 0 Å². The highest BCUT2D eigenvalue weighted by Crippen LogP contribution is 2.21. The van der Waals surface area contributed by atoms with E-state index in [0.717, 1.165) is 11.3 Å². The molecular weight excluding hydrogens is 226 g/mol. The summed E-state index contributed by atoms with van der Waals surface area (Å²) in [6, 6.07) is -1.97. The summed E-state index contributed by atoms with van der Waals surface area (Å²) in [5, 5.41) is 13.4. The molecule has 0 spiro atoms. The molecular formula is C10H17N3O4. The van der Waals surface area contributed by atoms with Crippen LogP contribution in [-0.2, 0) is 4.79 Å². The molecule has 7 nitrogen and oxygen atoms in total. The zero-order chi connectivity index (χ0) is 13.2. The number of carbonyl (C=O) groups is 2. The molecule has 0 saturated carbocycles. The molecule has 1 atom stereocenters. The summed E-state index contributed by atoms with van der Waals surface area (Å²) in [6.45, 7) is 5.10. The van der Waals surface area contributed by atoms with Gasteiger partial charge in [0.15, 0.2) is 0 Å². The largest absolute Gasteiger partial charge is 0.325 e. The molecule has 1 heterocycles. The smallest absolute Gasteiger partial charge is 0.324 e. The Bertz CT molecular complexity index is 353. The molecule has 0 radical (unpaired) electrons. The summed E-state index contributed by atoms with van der Waals surface area (Å²) in [5.74, 6) is -0.725. The van der Waals surface area contributed by atoms with Crippen LogP contribution in [0, 0.1) is 10.1 Å². The second kappa shape index (κ2) is 4.68. The second-order valence-electron chi connectivity index (χ2n) is 4.68. The average Bonchev–Trinajstić information content (AvgIpc) is 2.14. The maximum atomic E-state index is 11.9. The van der Waals surface area contributed by atoms with Crippen molar-refractivity contribution in [1.82, 2.24) is 10.2 Å². The van der Waals surface area contributed by atoms with E-state index in [-0.39, 0.29) is 6.54 Å². The van der Waals surface area contributed by atoms with Gasteiger partial charge in [-0.2, -0.15) is 0 Å². The first-order chi connectivity index (χ1) is 7.81. The number of carbonyl (C=O) groups excluding carboxylic acids is 2. The van der Waals surface area contributed by atoms with Crippen LogP contribution in [0.15, 0.2) is 0 Å². The molecule has 0 aliphatic carbocycles. The SMILES string of the molecule is CCCCN1C(=O)NC(C)(C)C([N+](=O)[O-])C1=O. The first-order valence-corrected chi connectivity index (χ1v) is 5.58. The number of hydrogen-bond acceptors (Lipinski definition) is 4. The molecule has 1 unspecified atom stereocenters. The first kappa shape index (κ1) is 13.4. The molecule has 0 aromatic rings. The van der Waals surface area contributed by atoms with Crippen molar-refractivity contribution in [2.75, 3.05) is 6.54 Å². The number of unbranched alkanes of at least 4 members (excludes halogenated alkanes) is 1. The zero-order valence-corrected chi connectivity index (χ0v) is 10.2. The van der Waals surface area contributed by atoms with E-state index in [0.29, 0.717) is 6.42 Å². The van der Waals surface area contributed by atoms with Gasteiger partial charge in [0.05, 0.1) is 0 Å². The Balaban J connectivity index is 2.95. The van der Waals surface area contributed by atoms with Crippen LogP contribution in [0.25, 0.3) is 0 Å². The van der Waals surface area contributed by atoms with E-state index in [1.807, 2.05) is 6.92 Å². The Kier molecular flexibility index (Phi) is 3.69. The van der Waals surface area contributed by atoms with E-state index in [2.05, 4.69) is 5.32 Å². The van der Waals surface area contributed by atoms with Crippen LogP contribution in [0.3, 0.4) is 0 Å². The predicted octanol–water partition coefficient (Wildman–Crippen LogP) is 0.762. The molecule has 1 aliphatic rings. The standard InChI is InChI=1S/C10H17N3O4/c1-4-5-6-12-8(14)7(13(16)17)10(2,3)11-9(12)15/h7H,4-6H2,1-3H3,(H,11,15). The van der Waals surface area contributed by atoms with Gasteiger partial charge >= 0.3 is 18.0 Å². The quantitative estimate of drug-likeness (QED) is 0.582. The lowest BCUT2D eigenvalue weighted by molar-refractivity contribution is -0.520. The molecule has 1 saturated heterocycles. The monoisotopic (exact) mass is 243 g/mol. The number of amides is 3. The van der Waals surface area contributed by atoms with E-state index < -0.39 is 28.4 Å². The highest BCUT2D eigenvalue weighted by atomic mass is 16.6. The number of hydrogen-bond donors (Lipinski definition) is 1. The van der Waals surface area contributed by atoms with E-state index in [1.165, 1.54) is 13.8 Å². The lowest BCUT2D eigenvalue weighted by Crippen LogP contribution is -2.69. The maximum absolute atomic E-state index is 11.9. The number of nitrogens with zero attached hydrogens (tertiary/aromatic N) is 2. The highest BCUT2D eigenvalue weighted by molar-refractivity contribution is 6.00. The average molecular weight is 243 g/mol. The molecule has 0 aromatic carbocycles. The maximum Gasteiger partial charge on any atom is 0.324 e. The van der Waals surface area contributed by atoms with Crippen LogP contribution in [0.4, 0.5) is 4.79 Å². The van der Waals surface area contributed by atoms with E-state index in [1.54, 1.807) is 0 Å². The molecule has 0 aromatic heterocycles. The van der Waals surface area contributed by atoms with Gasteiger partial charge in [-0.05, 0) is 20.3 Å². The van der Waals surface area contributed by atoms with Crippen molar-refractivity contribution in [1.29, 1.82) is 0 Å². The predicted molar refractivity (Wildman–Crippen MR) is 60.0 cm³/mol. The molecule has 7 heteroatoms. The van der Waals surface area contributed by atoms with Crippen molar-refractivity contribution in [2.45, 2.75) is 45.2 Å². The summed E-state index contributed by atoms with van der Waals surface area (Å²) in [4.78, 5) is 34.8. The van der Waals surface area contributed by atoms with Crippen molar-refractivity contribution in [3.63, 3.8) is 0 Å². The normalized spacial score (nSPS) is 23.5. The number of nitrogens with one attached hydrogen (secondary N) is 1. The van der Waals surface area contributed by atoms with E-state index in [4.69, 9.17) is 0 Å². The van der Waals surface area contributed by atoms with Gasteiger partial charge in [0, 0.05) is 11.5 Å². The summed E-state index contributed by atoms with van der Waals surface area (Å²) >= 11 is 0. The Labute approximate surface area is 99.3 Å². The molecule has 17 heavy (non-hydrogen) atoms. The third-order valence-electron chi connectivity index (χ3n) is 2.80. The second-order valence-corrected chi connectivity index (χ2v) is 4.68. The van der Waals surface area contributed by atoms with Gasteiger partial charge in [-0.1, -0.05) is 13.3 Å². The Morgan fingerprint density at radius 1 is 1.47 bits per heavy atom. The van der Waals surface area contributed by atoms with Crippen LogP contribution < -0.4 is 5.32 Å². The molecule has 1 fully saturated rings. The fourth-order valence-corrected chi connectivity index (χ4v) is 1.85. The number of rotatable bonds is 4. The third kappa shape index (κ3) is 2.54. The topological polar surface area (TPSA) is 92.6 Å². The summed E-state index contributed by atoms with van der Waals surface area (Å²) in [5.41, 5.74) is -1.15. The van der Waals surface area contributed by atoms with Gasteiger partial charge in [0.1, 0.15) is 5.54 Å². The molecule has 1 rings (SSSR count). The first-order valence-electron chi connectivity index (χ1n) is 5.58. The van der Waals surface area contributed by atoms with Gasteiger partial charge < -0.3 is 5.32 Å². The molecule has 3 amide bonds. The number of imide groups is 1. The van der Waals surface area contributed by atoms with Crippen molar-refractivity contribution in [3.8, 4) is 0 Å². The lowest BCUT2D eigenvalue weighted by atomic mass is 9.91. The van der Waals surface area contributed by atoms with Gasteiger partial charge in [0.25, 0.3) is 0 Å². The Morgan fingerprint density at radius 2 is 2.06 bits per heavy atom. The summed E-state index contributed by atoms with van der Waals surface area (Å²) < 4.78 is 0. The van der Waals surface area contributed by atoms with Crippen LogP contribution in [0.5, 0.6) is 0 Å². The van der Waals surface area contributed by atoms with Crippen molar-refractivity contribution in [3.05, 3.63) is 10.1 Å². The van der Waals surface area contributed by atoms with Crippen LogP contribution >= 0.6 is 0 Å². The summed E-state index contributed by atoms with van der Waals surface area (Å²) in [6.07, 6.45) is 1.45. The Hall–Kier alpha value is -1.66. The third-order valence-corrected chi connectivity index (χ3v) is 2.80.